The van der Waals surface area contributed by atoms with Crippen LogP contribution in [-0.4, -0.2) is 35.8 Å². The summed E-state index contributed by atoms with van der Waals surface area (Å²) in [5.74, 6) is -1.11. The highest BCUT2D eigenvalue weighted by Gasteiger charge is 2.46. The highest BCUT2D eigenvalue weighted by molar-refractivity contribution is 6.46. The van der Waals surface area contributed by atoms with Gasteiger partial charge in [0, 0.05) is 30.4 Å². The summed E-state index contributed by atoms with van der Waals surface area (Å²) in [6, 6.07) is 16.7. The minimum atomic E-state index is -0.753. The molecule has 1 saturated heterocycles. The number of amides is 1. The van der Waals surface area contributed by atoms with Crippen LogP contribution in [0.25, 0.3) is 5.76 Å². The average Bonchev–Trinajstić information content (AvgIpc) is 3.36. The van der Waals surface area contributed by atoms with Crippen LogP contribution in [0.3, 0.4) is 0 Å². The molecule has 3 aromatic rings. The first-order valence-electron chi connectivity index (χ1n) is 9.71. The molecule has 6 nitrogen and oxygen atoms in total. The lowest BCUT2D eigenvalue weighted by Crippen LogP contribution is -2.29. The molecule has 7 heteroatoms. The maximum atomic E-state index is 13.0. The predicted molar refractivity (Wildman–Crippen MR) is 119 cm³/mol. The molecule has 1 fully saturated rings. The third-order valence-electron chi connectivity index (χ3n) is 5.29. The van der Waals surface area contributed by atoms with E-state index in [1.54, 1.807) is 36.4 Å². The molecular weight excluding hydrogens is 416 g/mol. The predicted octanol–water partition coefficient (Wildman–Crippen LogP) is 4.62. The van der Waals surface area contributed by atoms with E-state index in [4.69, 9.17) is 16.0 Å². The third kappa shape index (κ3) is 3.94. The second-order valence-corrected chi connectivity index (χ2v) is 7.94. The first-order chi connectivity index (χ1) is 14.9. The Hall–Kier alpha value is -3.51. The van der Waals surface area contributed by atoms with Crippen molar-refractivity contribution in [3.8, 4) is 0 Å². The van der Waals surface area contributed by atoms with Gasteiger partial charge in [-0.05, 0) is 54.1 Å². The van der Waals surface area contributed by atoms with E-state index < -0.39 is 17.7 Å². The lowest BCUT2D eigenvalue weighted by atomic mass is 9.95. The summed E-state index contributed by atoms with van der Waals surface area (Å²) < 4.78 is 5.40. The lowest BCUT2D eigenvalue weighted by Gasteiger charge is -2.25. The van der Waals surface area contributed by atoms with Crippen molar-refractivity contribution in [3.05, 3.63) is 94.4 Å². The van der Waals surface area contributed by atoms with Gasteiger partial charge in [-0.15, -0.1) is 0 Å². The Bertz CT molecular complexity index is 1130. The number of likely N-dealkylation sites (tertiary alicyclic amines) is 1. The number of aliphatic hydroxyl groups is 1. The fraction of sp³-hybridized carbons (Fsp3) is 0.167. The Morgan fingerprint density at radius 1 is 1.06 bits per heavy atom. The van der Waals surface area contributed by atoms with E-state index in [2.05, 4.69) is 0 Å². The molecule has 1 atom stereocenters. The van der Waals surface area contributed by atoms with Gasteiger partial charge >= 0.3 is 0 Å². The number of carbonyl (C=O) groups is 2. The van der Waals surface area contributed by atoms with Crippen molar-refractivity contribution in [1.29, 1.82) is 0 Å². The van der Waals surface area contributed by atoms with Crippen LogP contribution in [-0.2, 0) is 16.1 Å². The fourth-order valence-corrected chi connectivity index (χ4v) is 3.80. The summed E-state index contributed by atoms with van der Waals surface area (Å²) in [4.78, 5) is 29.3. The monoisotopic (exact) mass is 436 g/mol. The van der Waals surface area contributed by atoms with Gasteiger partial charge in [0.25, 0.3) is 11.7 Å². The van der Waals surface area contributed by atoms with Crippen molar-refractivity contribution < 1.29 is 19.1 Å². The second-order valence-electron chi connectivity index (χ2n) is 7.50. The minimum absolute atomic E-state index is 0.0384. The maximum Gasteiger partial charge on any atom is 0.296 e. The van der Waals surface area contributed by atoms with Crippen LogP contribution in [0, 0.1) is 0 Å². The number of hydrogen-bond donors (Lipinski definition) is 1. The largest absolute Gasteiger partial charge is 0.507 e. The maximum absolute atomic E-state index is 13.0. The van der Waals surface area contributed by atoms with Crippen molar-refractivity contribution in [2.24, 2.45) is 0 Å². The first-order valence-corrected chi connectivity index (χ1v) is 10.1. The molecule has 158 valence electrons. The molecule has 0 radical (unpaired) electrons. The summed E-state index contributed by atoms with van der Waals surface area (Å²) in [6.07, 6.45) is 1.51. The summed E-state index contributed by atoms with van der Waals surface area (Å²) in [6.45, 7) is 0.106. The first kappa shape index (κ1) is 20.8. The second kappa shape index (κ2) is 8.32. The Balaban J connectivity index is 1.84. The molecule has 31 heavy (non-hydrogen) atoms. The number of Topliss-reactive ketones (excluding diaryl/α,β-unsaturated/α-hetero) is 1. The normalized spacial score (nSPS) is 17.9. The fourth-order valence-electron chi connectivity index (χ4n) is 3.68. The molecular formula is C24H21ClN2O4. The Morgan fingerprint density at radius 3 is 2.32 bits per heavy atom. The number of furan rings is 1. The van der Waals surface area contributed by atoms with E-state index in [1.807, 2.05) is 43.3 Å². The Kier molecular flexibility index (Phi) is 5.57. The standard InChI is InChI=1S/C24H21ClN2O4/c1-26(2)18-11-7-15(8-12-18)21-20(22(28)16-5-9-17(25)10-6-16)23(29)24(30)27(21)14-19-4-3-13-31-19/h3-13,21,28H,14H2,1-2H3/b22-20+. The van der Waals surface area contributed by atoms with E-state index in [1.165, 1.54) is 11.2 Å². The number of hydrogen-bond acceptors (Lipinski definition) is 5. The van der Waals surface area contributed by atoms with Gasteiger partial charge in [-0.1, -0.05) is 23.7 Å². The van der Waals surface area contributed by atoms with Crippen LogP contribution in [0.1, 0.15) is 22.9 Å². The van der Waals surface area contributed by atoms with E-state index in [0.29, 0.717) is 21.9 Å². The van der Waals surface area contributed by atoms with Crippen LogP contribution in [0.5, 0.6) is 0 Å². The molecule has 0 bridgehead atoms. The molecule has 2 aromatic carbocycles. The van der Waals surface area contributed by atoms with Gasteiger partial charge in [-0.3, -0.25) is 9.59 Å². The molecule has 1 unspecified atom stereocenters. The zero-order chi connectivity index (χ0) is 22.1. The summed E-state index contributed by atoms with van der Waals surface area (Å²) in [5.41, 5.74) is 2.14. The summed E-state index contributed by atoms with van der Waals surface area (Å²) in [5, 5.41) is 11.5. The molecule has 0 spiro atoms. The van der Waals surface area contributed by atoms with Crippen LogP contribution < -0.4 is 4.90 Å². The van der Waals surface area contributed by atoms with E-state index in [9.17, 15) is 14.7 Å². The van der Waals surface area contributed by atoms with E-state index >= 15 is 0 Å². The van der Waals surface area contributed by atoms with Gasteiger partial charge < -0.3 is 19.3 Å². The number of aliphatic hydroxyl groups excluding tert-OH is 1. The molecule has 0 saturated carbocycles. The third-order valence-corrected chi connectivity index (χ3v) is 5.54. The van der Waals surface area contributed by atoms with Crippen LogP contribution in [0.15, 0.2) is 76.9 Å². The minimum Gasteiger partial charge on any atom is -0.507 e. The van der Waals surface area contributed by atoms with Crippen molar-refractivity contribution in [2.45, 2.75) is 12.6 Å². The number of carbonyl (C=O) groups excluding carboxylic acids is 2. The lowest BCUT2D eigenvalue weighted by molar-refractivity contribution is -0.140. The number of rotatable bonds is 5. The van der Waals surface area contributed by atoms with Gasteiger partial charge in [-0.2, -0.15) is 0 Å². The van der Waals surface area contributed by atoms with Crippen molar-refractivity contribution >= 4 is 34.7 Å². The average molecular weight is 437 g/mol. The quantitative estimate of drug-likeness (QED) is 0.359. The number of benzene rings is 2. The molecule has 0 aliphatic carbocycles. The van der Waals surface area contributed by atoms with Crippen LogP contribution in [0.2, 0.25) is 5.02 Å². The van der Waals surface area contributed by atoms with E-state index in [-0.39, 0.29) is 17.9 Å². The molecule has 1 aliphatic heterocycles. The van der Waals surface area contributed by atoms with Crippen LogP contribution in [0.4, 0.5) is 5.69 Å². The Morgan fingerprint density at radius 2 is 1.74 bits per heavy atom. The zero-order valence-electron chi connectivity index (χ0n) is 17.1. The number of ketones is 1. The SMILES string of the molecule is CN(C)c1ccc(C2/C(=C(\O)c3ccc(Cl)cc3)C(=O)C(=O)N2Cc2ccco2)cc1. The molecule has 1 amide bonds. The number of nitrogens with zero attached hydrogens (tertiary/aromatic N) is 2. The number of halogens is 1. The smallest absolute Gasteiger partial charge is 0.296 e. The molecule has 2 heterocycles. The van der Waals surface area contributed by atoms with Crippen molar-refractivity contribution in [3.63, 3.8) is 0 Å². The number of anilines is 1. The van der Waals surface area contributed by atoms with Gasteiger partial charge in [0.05, 0.1) is 24.4 Å². The van der Waals surface area contributed by atoms with Gasteiger partial charge in [-0.25, -0.2) is 0 Å². The molecule has 1 N–H and O–H groups in total. The Labute approximate surface area is 185 Å². The van der Waals surface area contributed by atoms with Crippen molar-refractivity contribution in [1.82, 2.24) is 4.90 Å². The van der Waals surface area contributed by atoms with Crippen LogP contribution >= 0.6 is 11.6 Å². The summed E-state index contributed by atoms with van der Waals surface area (Å²) >= 11 is 5.95. The van der Waals surface area contributed by atoms with Gasteiger partial charge in [0.2, 0.25) is 0 Å². The molecule has 4 rings (SSSR count). The van der Waals surface area contributed by atoms with Gasteiger partial charge in [0.1, 0.15) is 11.5 Å². The highest BCUT2D eigenvalue weighted by atomic mass is 35.5. The molecule has 1 aliphatic rings. The van der Waals surface area contributed by atoms with Gasteiger partial charge in [0.15, 0.2) is 0 Å². The highest BCUT2D eigenvalue weighted by Crippen LogP contribution is 2.40. The zero-order valence-corrected chi connectivity index (χ0v) is 17.8. The van der Waals surface area contributed by atoms with E-state index in [0.717, 1.165) is 5.69 Å². The summed E-state index contributed by atoms with van der Waals surface area (Å²) in [7, 11) is 3.86. The topological polar surface area (TPSA) is 74.0 Å². The molecule has 1 aromatic heterocycles. The van der Waals surface area contributed by atoms with Crippen molar-refractivity contribution in [2.75, 3.05) is 19.0 Å².